The molecule has 0 aliphatic carbocycles. The maximum atomic E-state index is 5.98. The zero-order valence-electron chi connectivity index (χ0n) is 10.9. The van der Waals surface area contributed by atoms with Crippen molar-refractivity contribution in [2.24, 2.45) is 5.73 Å². The summed E-state index contributed by atoms with van der Waals surface area (Å²) in [5.74, 6) is 0.316. The van der Waals surface area contributed by atoms with E-state index in [1.807, 2.05) is 18.2 Å². The maximum absolute atomic E-state index is 5.98. The number of hydrogen-bond acceptors (Lipinski definition) is 2. The largest absolute Gasteiger partial charge is 0.376 e. The maximum Gasteiger partial charge on any atom is 0.0598 e. The van der Waals surface area contributed by atoms with Gasteiger partial charge in [0.15, 0.2) is 0 Å². The second-order valence-electron chi connectivity index (χ2n) is 5.24. The SMILES string of the molecule is CC(C)(C)OCCC(CN)c1cccc(Cl)c1. The summed E-state index contributed by atoms with van der Waals surface area (Å²) in [6.45, 7) is 7.52. The average Bonchev–Trinajstić information content (AvgIpc) is 2.23. The topological polar surface area (TPSA) is 35.2 Å². The van der Waals surface area contributed by atoms with Gasteiger partial charge in [0, 0.05) is 11.6 Å². The number of rotatable bonds is 5. The van der Waals surface area contributed by atoms with E-state index in [2.05, 4.69) is 26.8 Å². The van der Waals surface area contributed by atoms with Gasteiger partial charge in [0.25, 0.3) is 0 Å². The lowest BCUT2D eigenvalue weighted by Crippen LogP contribution is -2.22. The summed E-state index contributed by atoms with van der Waals surface area (Å²) in [6, 6.07) is 7.89. The zero-order chi connectivity index (χ0) is 12.9. The van der Waals surface area contributed by atoms with Gasteiger partial charge in [-0.2, -0.15) is 0 Å². The Labute approximate surface area is 109 Å². The fraction of sp³-hybridized carbons (Fsp3) is 0.571. The van der Waals surface area contributed by atoms with Crippen LogP contribution in [0.15, 0.2) is 24.3 Å². The molecule has 96 valence electrons. The van der Waals surface area contributed by atoms with Gasteiger partial charge >= 0.3 is 0 Å². The summed E-state index contributed by atoms with van der Waals surface area (Å²) in [4.78, 5) is 0. The molecular weight excluding hydrogens is 234 g/mol. The van der Waals surface area contributed by atoms with Gasteiger partial charge in [-0.05, 0) is 57.4 Å². The fourth-order valence-electron chi connectivity index (χ4n) is 1.69. The molecule has 1 atom stereocenters. The molecule has 1 unspecified atom stereocenters. The number of nitrogens with two attached hydrogens (primary N) is 1. The van der Waals surface area contributed by atoms with E-state index < -0.39 is 0 Å². The predicted molar refractivity (Wildman–Crippen MR) is 73.6 cm³/mol. The predicted octanol–water partition coefficient (Wildman–Crippen LogP) is 3.59. The lowest BCUT2D eigenvalue weighted by atomic mass is 9.96. The molecule has 0 saturated heterocycles. The first-order chi connectivity index (χ1) is 7.92. The van der Waals surface area contributed by atoms with E-state index in [9.17, 15) is 0 Å². The van der Waals surface area contributed by atoms with Gasteiger partial charge in [-0.25, -0.2) is 0 Å². The van der Waals surface area contributed by atoms with Crippen molar-refractivity contribution in [2.75, 3.05) is 13.2 Å². The highest BCUT2D eigenvalue weighted by Gasteiger charge is 2.14. The first-order valence-electron chi connectivity index (χ1n) is 6.02. The highest BCUT2D eigenvalue weighted by atomic mass is 35.5. The molecular formula is C14H22ClNO. The van der Waals surface area contributed by atoms with Gasteiger partial charge in [0.1, 0.15) is 0 Å². The Balaban J connectivity index is 2.54. The number of halogens is 1. The second-order valence-corrected chi connectivity index (χ2v) is 5.67. The van der Waals surface area contributed by atoms with Crippen molar-refractivity contribution in [3.63, 3.8) is 0 Å². The molecule has 0 spiro atoms. The van der Waals surface area contributed by atoms with E-state index in [1.54, 1.807) is 0 Å². The Kier molecular flexibility index (Phi) is 5.44. The molecule has 0 bridgehead atoms. The molecule has 0 aromatic heterocycles. The summed E-state index contributed by atoms with van der Waals surface area (Å²) in [6.07, 6.45) is 0.925. The highest BCUT2D eigenvalue weighted by molar-refractivity contribution is 6.30. The van der Waals surface area contributed by atoms with Crippen LogP contribution in [0.2, 0.25) is 5.02 Å². The van der Waals surface area contributed by atoms with Crippen LogP contribution in [0.3, 0.4) is 0 Å². The van der Waals surface area contributed by atoms with Crippen molar-refractivity contribution in [1.82, 2.24) is 0 Å². The Morgan fingerprint density at radius 1 is 1.35 bits per heavy atom. The van der Waals surface area contributed by atoms with Gasteiger partial charge in [-0.15, -0.1) is 0 Å². The Hall–Kier alpha value is -0.570. The monoisotopic (exact) mass is 255 g/mol. The van der Waals surface area contributed by atoms with Crippen LogP contribution in [0.4, 0.5) is 0 Å². The molecule has 0 radical (unpaired) electrons. The molecule has 1 aromatic carbocycles. The summed E-state index contributed by atoms with van der Waals surface area (Å²) in [7, 11) is 0. The van der Waals surface area contributed by atoms with Crippen molar-refractivity contribution in [2.45, 2.75) is 38.7 Å². The van der Waals surface area contributed by atoms with Crippen LogP contribution >= 0.6 is 11.6 Å². The van der Waals surface area contributed by atoms with Crippen LogP contribution in [0.25, 0.3) is 0 Å². The first kappa shape index (κ1) is 14.5. The Morgan fingerprint density at radius 3 is 2.59 bits per heavy atom. The van der Waals surface area contributed by atoms with E-state index in [0.29, 0.717) is 12.5 Å². The molecule has 0 aliphatic rings. The first-order valence-corrected chi connectivity index (χ1v) is 6.39. The minimum Gasteiger partial charge on any atom is -0.376 e. The quantitative estimate of drug-likeness (QED) is 0.873. The molecule has 0 saturated carbocycles. The molecule has 3 heteroatoms. The van der Waals surface area contributed by atoms with E-state index in [4.69, 9.17) is 22.1 Å². The van der Waals surface area contributed by atoms with Crippen LogP contribution in [-0.4, -0.2) is 18.8 Å². The summed E-state index contributed by atoms with van der Waals surface area (Å²) < 4.78 is 5.72. The molecule has 1 aromatic rings. The zero-order valence-corrected chi connectivity index (χ0v) is 11.6. The van der Waals surface area contributed by atoms with Crippen molar-refractivity contribution < 1.29 is 4.74 Å². The van der Waals surface area contributed by atoms with Crippen LogP contribution in [-0.2, 0) is 4.74 Å². The van der Waals surface area contributed by atoms with Crippen molar-refractivity contribution in [3.8, 4) is 0 Å². The number of hydrogen-bond donors (Lipinski definition) is 1. The standard InChI is InChI=1S/C14H22ClNO/c1-14(2,3)17-8-7-12(10-16)11-5-4-6-13(15)9-11/h4-6,9,12H,7-8,10,16H2,1-3H3. The molecule has 17 heavy (non-hydrogen) atoms. The van der Waals surface area contributed by atoms with Gasteiger partial charge < -0.3 is 10.5 Å². The lowest BCUT2D eigenvalue weighted by molar-refractivity contribution is -0.00601. The summed E-state index contributed by atoms with van der Waals surface area (Å²) >= 11 is 5.98. The van der Waals surface area contributed by atoms with Crippen molar-refractivity contribution in [1.29, 1.82) is 0 Å². The van der Waals surface area contributed by atoms with Gasteiger partial charge in [0.05, 0.1) is 5.60 Å². The van der Waals surface area contributed by atoms with Crippen LogP contribution in [0.1, 0.15) is 38.7 Å². The third kappa shape index (κ3) is 5.53. The fourth-order valence-corrected chi connectivity index (χ4v) is 1.89. The van der Waals surface area contributed by atoms with Gasteiger partial charge in [-0.3, -0.25) is 0 Å². The molecule has 0 aliphatic heterocycles. The molecule has 2 nitrogen and oxygen atoms in total. The minimum atomic E-state index is -0.0898. The van der Waals surface area contributed by atoms with Crippen LogP contribution < -0.4 is 5.73 Å². The third-order valence-corrected chi connectivity index (χ3v) is 2.84. The smallest absolute Gasteiger partial charge is 0.0598 e. The molecule has 0 heterocycles. The van der Waals surface area contributed by atoms with Crippen LogP contribution in [0, 0.1) is 0 Å². The van der Waals surface area contributed by atoms with E-state index >= 15 is 0 Å². The molecule has 0 fully saturated rings. The number of ether oxygens (including phenoxy) is 1. The number of benzene rings is 1. The van der Waals surface area contributed by atoms with E-state index in [1.165, 1.54) is 5.56 Å². The lowest BCUT2D eigenvalue weighted by Gasteiger charge is -2.22. The summed E-state index contributed by atoms with van der Waals surface area (Å²) in [5.41, 5.74) is 6.91. The minimum absolute atomic E-state index is 0.0898. The van der Waals surface area contributed by atoms with Crippen molar-refractivity contribution >= 4 is 11.6 Å². The normalized spacial score (nSPS) is 13.7. The molecule has 2 N–H and O–H groups in total. The van der Waals surface area contributed by atoms with E-state index in [-0.39, 0.29) is 5.60 Å². The second kappa shape index (κ2) is 6.39. The average molecular weight is 256 g/mol. The van der Waals surface area contributed by atoms with Crippen LogP contribution in [0.5, 0.6) is 0 Å². The highest BCUT2D eigenvalue weighted by Crippen LogP contribution is 2.22. The third-order valence-electron chi connectivity index (χ3n) is 2.61. The van der Waals surface area contributed by atoms with Gasteiger partial charge in [0.2, 0.25) is 0 Å². The summed E-state index contributed by atoms with van der Waals surface area (Å²) in [5, 5.41) is 0.762. The van der Waals surface area contributed by atoms with Gasteiger partial charge in [-0.1, -0.05) is 23.7 Å². The molecule has 1 rings (SSSR count). The van der Waals surface area contributed by atoms with E-state index in [0.717, 1.165) is 18.1 Å². The Bertz CT molecular complexity index is 346. The van der Waals surface area contributed by atoms with Crippen molar-refractivity contribution in [3.05, 3.63) is 34.9 Å². The molecule has 0 amide bonds. The Morgan fingerprint density at radius 2 is 2.06 bits per heavy atom.